The molecule has 2 fully saturated rings. The van der Waals surface area contributed by atoms with Gasteiger partial charge in [0.1, 0.15) is 5.75 Å². The van der Waals surface area contributed by atoms with Gasteiger partial charge in [-0.3, -0.25) is 14.5 Å². The van der Waals surface area contributed by atoms with Crippen molar-refractivity contribution in [2.75, 3.05) is 82.8 Å². The maximum atomic E-state index is 14.0. The molecule has 1 aromatic heterocycles. The Labute approximate surface area is 277 Å². The molecule has 0 radical (unpaired) electrons. The number of nitrogens with zero attached hydrogens (tertiary/aromatic N) is 6. The molecule has 5 rings (SSSR count). The van der Waals surface area contributed by atoms with E-state index in [9.17, 15) is 31.5 Å². The normalized spacial score (nSPS) is 16.3. The molecule has 2 saturated heterocycles. The van der Waals surface area contributed by atoms with Gasteiger partial charge in [0.25, 0.3) is 11.8 Å². The molecule has 260 valence electrons. The number of anilines is 2. The van der Waals surface area contributed by atoms with Crippen molar-refractivity contribution in [3.63, 3.8) is 0 Å². The quantitative estimate of drug-likeness (QED) is 0.226. The summed E-state index contributed by atoms with van der Waals surface area (Å²) in [7, 11) is 1.95. The highest BCUT2D eigenvalue weighted by Crippen LogP contribution is 2.39. The molecule has 0 aliphatic carbocycles. The van der Waals surface area contributed by atoms with Gasteiger partial charge in [-0.1, -0.05) is 16.8 Å². The maximum Gasteiger partial charge on any atom is 0.417 e. The Morgan fingerprint density at radius 3 is 2.46 bits per heavy atom. The van der Waals surface area contributed by atoms with Gasteiger partial charge in [0, 0.05) is 45.8 Å². The van der Waals surface area contributed by atoms with Crippen LogP contribution in [-0.2, 0) is 10.9 Å². The van der Waals surface area contributed by atoms with Crippen LogP contribution >= 0.6 is 11.6 Å². The lowest BCUT2D eigenvalue weighted by molar-refractivity contribution is -0.137. The number of benzene rings is 2. The first kappa shape index (κ1) is 35.3. The number of carbonyl (C=O) groups is 2. The summed E-state index contributed by atoms with van der Waals surface area (Å²) < 4.78 is 78.7. The van der Waals surface area contributed by atoms with Crippen LogP contribution in [0.15, 0.2) is 36.5 Å². The third kappa shape index (κ3) is 8.89. The number of amides is 2. The van der Waals surface area contributed by atoms with Crippen LogP contribution in [0.5, 0.6) is 5.75 Å². The molecule has 0 unspecified atom stereocenters. The largest absolute Gasteiger partial charge is 0.433 e. The second-order valence-electron chi connectivity index (χ2n) is 11.3. The van der Waals surface area contributed by atoms with Crippen LogP contribution in [0.25, 0.3) is 5.69 Å². The van der Waals surface area contributed by atoms with Gasteiger partial charge in [0.15, 0.2) is 5.69 Å². The van der Waals surface area contributed by atoms with E-state index in [1.165, 1.54) is 16.9 Å². The Morgan fingerprint density at radius 2 is 1.77 bits per heavy atom. The second-order valence-corrected chi connectivity index (χ2v) is 11.7. The molecule has 2 aliphatic heterocycles. The first-order chi connectivity index (χ1) is 22.9. The van der Waals surface area contributed by atoms with E-state index in [4.69, 9.17) is 16.3 Å². The van der Waals surface area contributed by atoms with E-state index in [1.54, 1.807) is 12.1 Å². The minimum Gasteiger partial charge on any atom is -0.433 e. The summed E-state index contributed by atoms with van der Waals surface area (Å²) in [5, 5.41) is 12.6. The monoisotopic (exact) mass is 700 g/mol. The van der Waals surface area contributed by atoms with Crippen LogP contribution in [0.1, 0.15) is 32.8 Å². The summed E-state index contributed by atoms with van der Waals surface area (Å²) in [5.74, 6) is -2.45. The third-order valence-corrected chi connectivity index (χ3v) is 8.24. The molecule has 3 heterocycles. The van der Waals surface area contributed by atoms with Crippen molar-refractivity contribution in [1.82, 2.24) is 30.1 Å². The van der Waals surface area contributed by atoms with Crippen molar-refractivity contribution in [3.05, 3.63) is 58.4 Å². The van der Waals surface area contributed by atoms with Crippen LogP contribution in [0.4, 0.5) is 33.3 Å². The number of nitrogens with one attached hydrogen (secondary N) is 2. The smallest absolute Gasteiger partial charge is 0.417 e. The van der Waals surface area contributed by atoms with Gasteiger partial charge in [0.2, 0.25) is 0 Å². The minimum atomic E-state index is -5.04. The van der Waals surface area contributed by atoms with Gasteiger partial charge >= 0.3 is 12.8 Å². The first-order valence-electron chi connectivity index (χ1n) is 15.1. The lowest BCUT2D eigenvalue weighted by Crippen LogP contribution is -2.44. The number of hydrogen-bond acceptors (Lipinski definition) is 9. The number of ether oxygens (including phenoxy) is 2. The van der Waals surface area contributed by atoms with E-state index < -0.39 is 46.5 Å². The fourth-order valence-electron chi connectivity index (χ4n) is 5.36. The fourth-order valence-corrected chi connectivity index (χ4v) is 5.56. The molecule has 12 nitrogen and oxygen atoms in total. The molecule has 0 saturated carbocycles. The van der Waals surface area contributed by atoms with Crippen molar-refractivity contribution < 1.29 is 41.0 Å². The van der Waals surface area contributed by atoms with Gasteiger partial charge in [-0.25, -0.2) is 4.68 Å². The predicted molar refractivity (Wildman–Crippen MR) is 166 cm³/mol. The van der Waals surface area contributed by atoms with Crippen LogP contribution in [0.2, 0.25) is 5.02 Å². The van der Waals surface area contributed by atoms with E-state index in [0.717, 1.165) is 26.1 Å². The number of halogens is 6. The Hall–Kier alpha value is -4.06. The van der Waals surface area contributed by atoms with Gasteiger partial charge in [-0.15, -0.1) is 5.10 Å². The molecule has 0 bridgehead atoms. The van der Waals surface area contributed by atoms with Gasteiger partial charge in [-0.2, -0.15) is 22.0 Å². The summed E-state index contributed by atoms with van der Waals surface area (Å²) in [6.07, 6.45) is -2.92. The zero-order valence-electron chi connectivity index (χ0n) is 25.9. The zero-order valence-corrected chi connectivity index (χ0v) is 26.7. The van der Waals surface area contributed by atoms with Crippen molar-refractivity contribution in [2.24, 2.45) is 0 Å². The van der Waals surface area contributed by atoms with Crippen molar-refractivity contribution >= 4 is 34.8 Å². The average Bonchev–Trinajstić information content (AvgIpc) is 3.55. The Balaban J connectivity index is 1.38. The zero-order chi connectivity index (χ0) is 34.4. The minimum absolute atomic E-state index is 0.0395. The molecular formula is C30H34ClF5N8O4. The molecule has 0 atom stereocenters. The average molecular weight is 701 g/mol. The van der Waals surface area contributed by atoms with E-state index in [0.29, 0.717) is 69.4 Å². The fraction of sp³-hybridized carbons (Fsp3) is 0.467. The topological polar surface area (TPSA) is 117 Å². The molecular weight excluding hydrogens is 667 g/mol. The highest BCUT2D eigenvalue weighted by molar-refractivity contribution is 6.32. The summed E-state index contributed by atoms with van der Waals surface area (Å²) in [5.41, 5.74) is -1.39. The number of aromatic nitrogens is 3. The number of piperazine rings is 1. The first-order valence-corrected chi connectivity index (χ1v) is 15.5. The SMILES string of the molecule is CN1CCN(c2ccc(-n3cc(C(=O)NCCCN4CCOCC4)nn3)cc2NC(=O)c2cc(OC(F)F)c(Cl)cc2C(F)(F)F)CC1. The maximum absolute atomic E-state index is 14.0. The Morgan fingerprint density at radius 1 is 1.04 bits per heavy atom. The lowest BCUT2D eigenvalue weighted by atomic mass is 10.0. The number of rotatable bonds is 11. The molecule has 3 aromatic rings. The van der Waals surface area contributed by atoms with Crippen LogP contribution in [0, 0.1) is 0 Å². The number of likely N-dealkylation sites (N-methyl/N-ethyl adjacent to an activating group) is 1. The third-order valence-electron chi connectivity index (χ3n) is 7.94. The molecule has 2 aliphatic rings. The van der Waals surface area contributed by atoms with Crippen molar-refractivity contribution in [2.45, 2.75) is 19.2 Å². The highest BCUT2D eigenvalue weighted by atomic mass is 35.5. The summed E-state index contributed by atoms with van der Waals surface area (Å²) in [6, 6.07) is 5.72. The molecule has 2 aromatic carbocycles. The lowest BCUT2D eigenvalue weighted by Gasteiger charge is -2.35. The van der Waals surface area contributed by atoms with Crippen LogP contribution < -0.4 is 20.3 Å². The van der Waals surface area contributed by atoms with Crippen molar-refractivity contribution in [3.8, 4) is 11.4 Å². The predicted octanol–water partition coefficient (Wildman–Crippen LogP) is 4.00. The van der Waals surface area contributed by atoms with E-state index in [1.807, 2.05) is 11.9 Å². The number of morpholine rings is 1. The molecule has 2 N–H and O–H groups in total. The summed E-state index contributed by atoms with van der Waals surface area (Å²) in [6.45, 7) is 3.39. The van der Waals surface area contributed by atoms with Crippen LogP contribution in [0.3, 0.4) is 0 Å². The van der Waals surface area contributed by atoms with Gasteiger partial charge in [0.05, 0.1) is 52.6 Å². The number of hydrogen-bond donors (Lipinski definition) is 2. The molecule has 2 amide bonds. The Kier molecular flexibility index (Phi) is 11.3. The molecule has 18 heteroatoms. The van der Waals surface area contributed by atoms with E-state index in [2.05, 4.69) is 35.5 Å². The van der Waals surface area contributed by atoms with Gasteiger partial charge in [-0.05, 0) is 50.3 Å². The summed E-state index contributed by atoms with van der Waals surface area (Å²) >= 11 is 5.78. The highest BCUT2D eigenvalue weighted by Gasteiger charge is 2.37. The molecule has 0 spiro atoms. The van der Waals surface area contributed by atoms with Crippen LogP contribution in [-0.4, -0.2) is 116 Å². The Bertz CT molecular complexity index is 1590. The van der Waals surface area contributed by atoms with Crippen molar-refractivity contribution in [1.29, 1.82) is 0 Å². The molecule has 48 heavy (non-hydrogen) atoms. The second kappa shape index (κ2) is 15.4. The van der Waals surface area contributed by atoms with E-state index in [-0.39, 0.29) is 11.4 Å². The summed E-state index contributed by atoms with van der Waals surface area (Å²) in [4.78, 5) is 32.5. The standard InChI is InChI=1S/C30H34ClF5N8O4/c1-41-7-9-43(10-8-41)25-4-3-19(44-18-24(39-40-44)28(46)37-5-2-6-42-11-13-47-14-12-42)15-23(25)38-27(45)20-16-26(48-29(32)33)22(31)17-21(20)30(34,35)36/h3-4,15-18,29H,2,5-14H2,1H3,(H,37,46)(H,38,45). The van der Waals surface area contributed by atoms with Gasteiger partial charge < -0.3 is 29.9 Å². The number of alkyl halides is 5. The van der Waals surface area contributed by atoms with E-state index >= 15 is 0 Å². The number of carbonyl (C=O) groups excluding carboxylic acids is 2.